The summed E-state index contributed by atoms with van der Waals surface area (Å²) in [5, 5.41) is 3.42. The van der Waals surface area contributed by atoms with Crippen LogP contribution in [0.2, 0.25) is 0 Å². The van der Waals surface area contributed by atoms with Crippen LogP contribution in [-0.4, -0.2) is 24.1 Å². The van der Waals surface area contributed by atoms with Crippen LogP contribution in [0.3, 0.4) is 0 Å². The molecule has 3 heteroatoms. The fourth-order valence-electron chi connectivity index (χ4n) is 2.40. The molecule has 0 atom stereocenters. The average molecular weight is 261 g/mol. The lowest BCUT2D eigenvalue weighted by Gasteiger charge is -2.31. The quantitative estimate of drug-likeness (QED) is 0.817. The fraction of sp³-hybridized carbons (Fsp3) is 0.688. The number of rotatable bonds is 7. The Labute approximate surface area is 117 Å². The molecule has 1 heterocycles. The lowest BCUT2D eigenvalue weighted by Crippen LogP contribution is -2.34. The summed E-state index contributed by atoms with van der Waals surface area (Å²) >= 11 is 0. The second-order valence-corrected chi connectivity index (χ2v) is 5.92. The Balaban J connectivity index is 2.23. The average Bonchev–Trinajstić information content (AvgIpc) is 3.18. The molecule has 0 aliphatic heterocycles. The first-order valence-corrected chi connectivity index (χ1v) is 7.54. The Morgan fingerprint density at radius 1 is 1.42 bits per heavy atom. The number of nitrogens with zero attached hydrogens (tertiary/aromatic N) is 2. The normalized spacial score (nSPS) is 15.0. The lowest BCUT2D eigenvalue weighted by atomic mass is 10.1. The van der Waals surface area contributed by atoms with Gasteiger partial charge in [-0.15, -0.1) is 0 Å². The third kappa shape index (κ3) is 3.93. The predicted octanol–water partition coefficient (Wildman–Crippen LogP) is 3.12. The van der Waals surface area contributed by atoms with Gasteiger partial charge in [-0.05, 0) is 52.1 Å². The van der Waals surface area contributed by atoms with Crippen LogP contribution in [0, 0.1) is 12.8 Å². The minimum atomic E-state index is 0.544. The molecule has 1 aliphatic carbocycles. The van der Waals surface area contributed by atoms with E-state index < -0.39 is 0 Å². The van der Waals surface area contributed by atoms with E-state index in [9.17, 15) is 0 Å². The monoisotopic (exact) mass is 261 g/mol. The number of aryl methyl sites for hydroxylation is 1. The molecular formula is C16H27N3. The molecule has 1 saturated carbocycles. The summed E-state index contributed by atoms with van der Waals surface area (Å²) in [6.45, 7) is 11.9. The number of hydrogen-bond donors (Lipinski definition) is 1. The zero-order valence-corrected chi connectivity index (χ0v) is 12.7. The van der Waals surface area contributed by atoms with Gasteiger partial charge in [0, 0.05) is 42.3 Å². The van der Waals surface area contributed by atoms with Crippen molar-refractivity contribution in [2.24, 2.45) is 5.92 Å². The second kappa shape index (κ2) is 6.38. The lowest BCUT2D eigenvalue weighted by molar-refractivity contribution is 0.635. The van der Waals surface area contributed by atoms with Crippen LogP contribution in [0.4, 0.5) is 5.69 Å². The van der Waals surface area contributed by atoms with Crippen LogP contribution < -0.4 is 10.2 Å². The van der Waals surface area contributed by atoms with Crippen molar-refractivity contribution in [2.75, 3.05) is 18.0 Å². The van der Waals surface area contributed by atoms with Crippen LogP contribution in [0.1, 0.15) is 44.9 Å². The predicted molar refractivity (Wildman–Crippen MR) is 81.6 cm³/mol. The summed E-state index contributed by atoms with van der Waals surface area (Å²) in [4.78, 5) is 7.02. The topological polar surface area (TPSA) is 28.2 Å². The molecular weight excluding hydrogens is 234 g/mol. The van der Waals surface area contributed by atoms with E-state index in [1.165, 1.54) is 30.6 Å². The maximum Gasteiger partial charge on any atom is 0.0447 e. The summed E-state index contributed by atoms with van der Waals surface area (Å²) in [5.41, 5.74) is 3.80. The third-order valence-corrected chi connectivity index (χ3v) is 3.75. The summed E-state index contributed by atoms with van der Waals surface area (Å²) in [6, 6.07) is 2.79. The third-order valence-electron chi connectivity index (χ3n) is 3.75. The highest BCUT2D eigenvalue weighted by Gasteiger charge is 2.26. The molecule has 1 N–H and O–H groups in total. The van der Waals surface area contributed by atoms with Gasteiger partial charge in [0.05, 0.1) is 0 Å². The van der Waals surface area contributed by atoms with E-state index in [0.717, 1.165) is 24.7 Å². The minimum absolute atomic E-state index is 0.544. The van der Waals surface area contributed by atoms with Crippen LogP contribution in [0.25, 0.3) is 0 Å². The number of anilines is 1. The zero-order valence-electron chi connectivity index (χ0n) is 12.7. The van der Waals surface area contributed by atoms with E-state index in [4.69, 9.17) is 0 Å². The van der Waals surface area contributed by atoms with Gasteiger partial charge in [0.25, 0.3) is 0 Å². The van der Waals surface area contributed by atoms with Gasteiger partial charge in [-0.1, -0.05) is 6.92 Å². The molecule has 0 spiro atoms. The molecule has 0 radical (unpaired) electrons. The molecule has 3 nitrogen and oxygen atoms in total. The van der Waals surface area contributed by atoms with E-state index in [2.05, 4.69) is 49.0 Å². The molecule has 1 aromatic heterocycles. The van der Waals surface area contributed by atoms with Crippen molar-refractivity contribution in [1.29, 1.82) is 0 Å². The smallest absolute Gasteiger partial charge is 0.0447 e. The van der Waals surface area contributed by atoms with Gasteiger partial charge < -0.3 is 10.2 Å². The molecule has 1 aromatic rings. The molecule has 1 aliphatic rings. The first-order chi connectivity index (χ1) is 9.11. The second-order valence-electron chi connectivity index (χ2n) is 5.92. The van der Waals surface area contributed by atoms with Crippen molar-refractivity contribution in [3.63, 3.8) is 0 Å². The minimum Gasteiger partial charge on any atom is -0.368 e. The van der Waals surface area contributed by atoms with Gasteiger partial charge in [0.15, 0.2) is 0 Å². The fourth-order valence-corrected chi connectivity index (χ4v) is 2.40. The number of aromatic nitrogens is 1. The van der Waals surface area contributed by atoms with Gasteiger partial charge in [-0.25, -0.2) is 0 Å². The summed E-state index contributed by atoms with van der Waals surface area (Å²) in [7, 11) is 0. The van der Waals surface area contributed by atoms with Gasteiger partial charge in [0.1, 0.15) is 0 Å². The van der Waals surface area contributed by atoms with Gasteiger partial charge >= 0.3 is 0 Å². The van der Waals surface area contributed by atoms with Crippen molar-refractivity contribution in [3.05, 3.63) is 23.5 Å². The van der Waals surface area contributed by atoms with E-state index in [1.54, 1.807) is 0 Å². The van der Waals surface area contributed by atoms with Crippen LogP contribution in [-0.2, 0) is 6.54 Å². The molecule has 1 fully saturated rings. The number of pyridine rings is 1. The zero-order chi connectivity index (χ0) is 13.8. The van der Waals surface area contributed by atoms with Gasteiger partial charge in [0.2, 0.25) is 0 Å². The molecule has 19 heavy (non-hydrogen) atoms. The van der Waals surface area contributed by atoms with Crippen molar-refractivity contribution in [2.45, 2.75) is 53.1 Å². The van der Waals surface area contributed by atoms with E-state index in [1.807, 2.05) is 6.20 Å². The molecule has 0 aromatic carbocycles. The summed E-state index contributed by atoms with van der Waals surface area (Å²) in [6.07, 6.45) is 4.83. The first-order valence-electron chi connectivity index (χ1n) is 7.54. The number of hydrogen-bond acceptors (Lipinski definition) is 3. The molecule has 0 amide bonds. The molecule has 0 bridgehead atoms. The van der Waals surface area contributed by atoms with Crippen LogP contribution in [0.15, 0.2) is 12.3 Å². The highest BCUT2D eigenvalue weighted by molar-refractivity contribution is 5.54. The van der Waals surface area contributed by atoms with Crippen molar-refractivity contribution in [3.8, 4) is 0 Å². The Bertz CT molecular complexity index is 410. The van der Waals surface area contributed by atoms with Gasteiger partial charge in [-0.2, -0.15) is 0 Å². The van der Waals surface area contributed by atoms with E-state index in [0.29, 0.717) is 6.04 Å². The molecule has 0 saturated heterocycles. The highest BCUT2D eigenvalue weighted by atomic mass is 15.2. The Hall–Kier alpha value is -1.09. The van der Waals surface area contributed by atoms with E-state index in [-0.39, 0.29) is 0 Å². The van der Waals surface area contributed by atoms with Crippen molar-refractivity contribution >= 4 is 5.69 Å². The van der Waals surface area contributed by atoms with Crippen LogP contribution >= 0.6 is 0 Å². The standard InChI is InChI=1S/C16H27N3/c1-5-17-9-15-10-18-13(4)8-16(15)19(12(2)3)11-14-6-7-14/h8,10,12,14,17H,5-7,9,11H2,1-4H3. The maximum atomic E-state index is 4.46. The largest absolute Gasteiger partial charge is 0.368 e. The number of nitrogens with one attached hydrogen (secondary N) is 1. The SMILES string of the molecule is CCNCc1cnc(C)cc1N(CC1CC1)C(C)C. The van der Waals surface area contributed by atoms with Gasteiger partial charge in [-0.3, -0.25) is 4.98 Å². The highest BCUT2D eigenvalue weighted by Crippen LogP contribution is 2.33. The van der Waals surface area contributed by atoms with E-state index >= 15 is 0 Å². The molecule has 2 rings (SSSR count). The Morgan fingerprint density at radius 3 is 2.74 bits per heavy atom. The van der Waals surface area contributed by atoms with Crippen molar-refractivity contribution in [1.82, 2.24) is 10.3 Å². The first kappa shape index (κ1) is 14.3. The summed E-state index contributed by atoms with van der Waals surface area (Å²) in [5.74, 6) is 0.905. The summed E-state index contributed by atoms with van der Waals surface area (Å²) < 4.78 is 0. The maximum absolute atomic E-state index is 4.46. The Morgan fingerprint density at radius 2 is 2.16 bits per heavy atom. The van der Waals surface area contributed by atoms with Crippen molar-refractivity contribution < 1.29 is 0 Å². The Kier molecular flexibility index (Phi) is 4.81. The molecule has 0 unspecified atom stereocenters. The molecule has 106 valence electrons. The van der Waals surface area contributed by atoms with Crippen LogP contribution in [0.5, 0.6) is 0 Å².